The molecule has 2 aromatic heterocycles. The highest BCUT2D eigenvalue weighted by Gasteiger charge is 2.18. The average molecular weight is 561 g/mol. The van der Waals surface area contributed by atoms with E-state index in [2.05, 4.69) is 179 Å². The molecule has 0 radical (unpaired) electrons. The topological polar surface area (TPSA) is 9.86 Å². The monoisotopic (exact) mass is 560 g/mol. The number of nitrogens with zero attached hydrogens (tertiary/aromatic N) is 2. The Labute approximate surface area is 255 Å². The van der Waals surface area contributed by atoms with Gasteiger partial charge in [0.25, 0.3) is 0 Å². The van der Waals surface area contributed by atoms with E-state index in [1.165, 1.54) is 77.2 Å². The number of para-hydroxylation sites is 4. The zero-order chi connectivity index (χ0) is 29.0. The summed E-state index contributed by atoms with van der Waals surface area (Å²) in [5, 5.41) is 5.04. The lowest BCUT2D eigenvalue weighted by atomic mass is 10.0. The largest absolute Gasteiger partial charge is 0.309 e. The number of rotatable bonds is 4. The van der Waals surface area contributed by atoms with Crippen LogP contribution in [-0.4, -0.2) is 9.13 Å². The Hall–Kier alpha value is -5.86. The van der Waals surface area contributed by atoms with Gasteiger partial charge >= 0.3 is 0 Å². The van der Waals surface area contributed by atoms with Crippen LogP contribution in [0.2, 0.25) is 0 Å². The highest BCUT2D eigenvalue weighted by molar-refractivity contribution is 6.12. The number of benzene rings is 7. The second-order valence-corrected chi connectivity index (χ2v) is 11.4. The fourth-order valence-electron chi connectivity index (χ4n) is 6.95. The van der Waals surface area contributed by atoms with Crippen LogP contribution in [0.15, 0.2) is 170 Å². The maximum Gasteiger partial charge on any atom is 0.0541 e. The SMILES string of the molecule is c1ccc(-c2ccc3c(c2)c2ccccc2n3-c2ccccc2-c2ccc3c(c2)c2ccccc2n3-c2ccccc2)cc1. The van der Waals surface area contributed by atoms with Crippen molar-refractivity contribution in [1.82, 2.24) is 9.13 Å². The van der Waals surface area contributed by atoms with Crippen LogP contribution < -0.4 is 0 Å². The van der Waals surface area contributed by atoms with Crippen molar-refractivity contribution >= 4 is 43.6 Å². The summed E-state index contributed by atoms with van der Waals surface area (Å²) < 4.78 is 4.81. The molecule has 0 saturated carbocycles. The lowest BCUT2D eigenvalue weighted by molar-refractivity contribution is 1.18. The first-order valence-corrected chi connectivity index (χ1v) is 15.1. The normalized spacial score (nSPS) is 11.6. The third-order valence-electron chi connectivity index (χ3n) is 8.92. The average Bonchev–Trinajstić information content (AvgIpc) is 3.61. The van der Waals surface area contributed by atoms with Gasteiger partial charge in [0.05, 0.1) is 27.8 Å². The van der Waals surface area contributed by atoms with Crippen molar-refractivity contribution < 1.29 is 0 Å². The fraction of sp³-hybridized carbons (Fsp3) is 0. The van der Waals surface area contributed by atoms with Gasteiger partial charge in [-0.15, -0.1) is 0 Å². The van der Waals surface area contributed by atoms with E-state index in [-0.39, 0.29) is 0 Å². The molecule has 44 heavy (non-hydrogen) atoms. The molecule has 0 spiro atoms. The van der Waals surface area contributed by atoms with Gasteiger partial charge in [0.15, 0.2) is 0 Å². The molecule has 0 atom stereocenters. The fourth-order valence-corrected chi connectivity index (χ4v) is 6.95. The zero-order valence-corrected chi connectivity index (χ0v) is 24.1. The minimum atomic E-state index is 1.17. The Morgan fingerprint density at radius 2 is 0.795 bits per heavy atom. The van der Waals surface area contributed by atoms with Crippen LogP contribution in [0, 0.1) is 0 Å². The van der Waals surface area contributed by atoms with Crippen molar-refractivity contribution in [2.75, 3.05) is 0 Å². The second-order valence-electron chi connectivity index (χ2n) is 11.4. The summed E-state index contributed by atoms with van der Waals surface area (Å²) in [5.74, 6) is 0. The Morgan fingerprint density at radius 3 is 1.52 bits per heavy atom. The van der Waals surface area contributed by atoms with Crippen LogP contribution in [-0.2, 0) is 0 Å². The zero-order valence-electron chi connectivity index (χ0n) is 24.1. The molecule has 0 aliphatic carbocycles. The smallest absolute Gasteiger partial charge is 0.0541 e. The summed E-state index contributed by atoms with van der Waals surface area (Å²) in [7, 11) is 0. The van der Waals surface area contributed by atoms with Gasteiger partial charge in [-0.05, 0) is 71.3 Å². The Balaban J connectivity index is 1.28. The van der Waals surface area contributed by atoms with E-state index >= 15 is 0 Å². The molecule has 0 unspecified atom stereocenters. The number of aromatic nitrogens is 2. The van der Waals surface area contributed by atoms with E-state index in [4.69, 9.17) is 0 Å². The molecule has 2 nitrogen and oxygen atoms in total. The number of hydrogen-bond acceptors (Lipinski definition) is 0. The van der Waals surface area contributed by atoms with Crippen LogP contribution in [0.4, 0.5) is 0 Å². The van der Waals surface area contributed by atoms with Gasteiger partial charge in [0.2, 0.25) is 0 Å². The van der Waals surface area contributed by atoms with Crippen molar-refractivity contribution in [3.63, 3.8) is 0 Å². The highest BCUT2D eigenvalue weighted by atomic mass is 15.0. The quantitative estimate of drug-likeness (QED) is 0.203. The minimum Gasteiger partial charge on any atom is -0.309 e. The predicted octanol–water partition coefficient (Wildman–Crippen LogP) is 11.2. The number of fused-ring (bicyclic) bond motifs is 6. The summed E-state index contributed by atoms with van der Waals surface area (Å²) in [6, 6.07) is 61.4. The van der Waals surface area contributed by atoms with Crippen LogP contribution in [0.25, 0.3) is 77.2 Å². The molecule has 9 aromatic rings. The molecule has 9 rings (SSSR count). The van der Waals surface area contributed by atoms with Gasteiger partial charge in [-0.25, -0.2) is 0 Å². The lowest BCUT2D eigenvalue weighted by Crippen LogP contribution is -1.97. The summed E-state index contributed by atoms with van der Waals surface area (Å²) in [6.07, 6.45) is 0. The van der Waals surface area contributed by atoms with Gasteiger partial charge in [-0.1, -0.05) is 115 Å². The van der Waals surface area contributed by atoms with Crippen molar-refractivity contribution in [3.05, 3.63) is 170 Å². The Kier molecular flexibility index (Phi) is 5.54. The Morgan fingerprint density at radius 1 is 0.295 bits per heavy atom. The lowest BCUT2D eigenvalue weighted by Gasteiger charge is -2.15. The minimum absolute atomic E-state index is 1.17. The molecule has 0 aliphatic rings. The molecule has 2 heterocycles. The van der Waals surface area contributed by atoms with Crippen molar-refractivity contribution in [2.24, 2.45) is 0 Å². The van der Waals surface area contributed by atoms with Crippen LogP contribution in [0.5, 0.6) is 0 Å². The third kappa shape index (κ3) is 3.75. The van der Waals surface area contributed by atoms with Crippen LogP contribution in [0.1, 0.15) is 0 Å². The first kappa shape index (κ1) is 24.7. The number of hydrogen-bond donors (Lipinski definition) is 0. The van der Waals surface area contributed by atoms with Crippen molar-refractivity contribution in [3.8, 4) is 33.6 Å². The van der Waals surface area contributed by atoms with Crippen LogP contribution >= 0.6 is 0 Å². The molecular weight excluding hydrogens is 532 g/mol. The maximum absolute atomic E-state index is 2.44. The van der Waals surface area contributed by atoms with Crippen molar-refractivity contribution in [2.45, 2.75) is 0 Å². The summed E-state index contributed by atoms with van der Waals surface area (Å²) in [4.78, 5) is 0. The van der Waals surface area contributed by atoms with Gasteiger partial charge < -0.3 is 9.13 Å². The van der Waals surface area contributed by atoms with Gasteiger partial charge in [-0.2, -0.15) is 0 Å². The van der Waals surface area contributed by atoms with Crippen LogP contribution in [0.3, 0.4) is 0 Å². The molecular formula is C42H28N2. The molecule has 0 bridgehead atoms. The molecule has 206 valence electrons. The highest BCUT2D eigenvalue weighted by Crippen LogP contribution is 2.40. The van der Waals surface area contributed by atoms with E-state index in [1.807, 2.05) is 0 Å². The van der Waals surface area contributed by atoms with Crippen molar-refractivity contribution in [1.29, 1.82) is 0 Å². The summed E-state index contributed by atoms with van der Waals surface area (Å²) in [6.45, 7) is 0. The summed E-state index contributed by atoms with van der Waals surface area (Å²) in [5.41, 5.74) is 12.1. The molecule has 0 amide bonds. The standard InChI is InChI=1S/C42H28N2/c1-3-13-29(14-4-1)30-23-25-42-36(27-30)35-19-9-12-22-40(35)44(42)38-20-10-7-17-33(38)31-24-26-41-37(28-31)34-18-8-11-21-39(34)43(41)32-15-5-2-6-16-32/h1-28H. The molecule has 0 saturated heterocycles. The van der Waals surface area contributed by atoms with Gasteiger partial charge in [-0.3, -0.25) is 0 Å². The molecule has 0 N–H and O–H groups in total. The van der Waals surface area contributed by atoms with E-state index in [0.717, 1.165) is 0 Å². The first-order valence-electron chi connectivity index (χ1n) is 15.1. The maximum atomic E-state index is 2.44. The van der Waals surface area contributed by atoms with E-state index in [0.29, 0.717) is 0 Å². The van der Waals surface area contributed by atoms with E-state index < -0.39 is 0 Å². The summed E-state index contributed by atoms with van der Waals surface area (Å²) >= 11 is 0. The first-order chi connectivity index (χ1) is 21.8. The second kappa shape index (κ2) is 9.86. The molecule has 0 fully saturated rings. The van der Waals surface area contributed by atoms with Gasteiger partial charge in [0, 0.05) is 32.8 Å². The van der Waals surface area contributed by atoms with E-state index in [9.17, 15) is 0 Å². The van der Waals surface area contributed by atoms with E-state index in [1.54, 1.807) is 0 Å². The molecule has 0 aliphatic heterocycles. The third-order valence-corrected chi connectivity index (χ3v) is 8.92. The Bertz CT molecular complexity index is 2480. The van der Waals surface area contributed by atoms with Gasteiger partial charge in [0.1, 0.15) is 0 Å². The predicted molar refractivity (Wildman–Crippen MR) is 186 cm³/mol. The molecule has 2 heteroatoms. The molecule has 7 aromatic carbocycles.